The van der Waals surface area contributed by atoms with Crippen molar-refractivity contribution < 1.29 is 9.90 Å². The van der Waals surface area contributed by atoms with Crippen LogP contribution in [0.1, 0.15) is 27.2 Å². The zero-order valence-corrected chi connectivity index (χ0v) is 12.8. The van der Waals surface area contributed by atoms with Crippen LogP contribution in [0.25, 0.3) is 10.2 Å². The number of benzene rings is 1. The number of anilines is 1. The van der Waals surface area contributed by atoms with Crippen LogP contribution in [0.15, 0.2) is 24.3 Å². The van der Waals surface area contributed by atoms with Gasteiger partial charge in [-0.1, -0.05) is 44.2 Å². The van der Waals surface area contributed by atoms with Crippen molar-refractivity contribution in [1.29, 1.82) is 0 Å². The number of para-hydroxylation sites is 1. The Bertz CT molecular complexity index is 568. The number of aromatic nitrogens is 1. The van der Waals surface area contributed by atoms with Crippen molar-refractivity contribution in [3.05, 3.63) is 24.3 Å². The summed E-state index contributed by atoms with van der Waals surface area (Å²) >= 11 is 1.55. The lowest BCUT2D eigenvalue weighted by Gasteiger charge is -2.23. The second-order valence-corrected chi connectivity index (χ2v) is 7.20. The third kappa shape index (κ3) is 3.93. The number of aliphatic carboxylic acids is 1. The minimum atomic E-state index is -0.756. The molecule has 1 aromatic carbocycles. The van der Waals surface area contributed by atoms with Gasteiger partial charge in [0, 0.05) is 6.54 Å². The van der Waals surface area contributed by atoms with E-state index in [0.717, 1.165) is 15.3 Å². The van der Waals surface area contributed by atoms with E-state index in [2.05, 4.69) is 31.1 Å². The molecule has 0 aliphatic heterocycles. The smallest absolute Gasteiger partial charge is 0.308 e. The van der Waals surface area contributed by atoms with E-state index >= 15 is 0 Å². The first-order valence-corrected chi connectivity index (χ1v) is 7.49. The van der Waals surface area contributed by atoms with Gasteiger partial charge < -0.3 is 10.4 Å². The summed E-state index contributed by atoms with van der Waals surface area (Å²) in [6.45, 7) is 6.58. The summed E-state index contributed by atoms with van der Waals surface area (Å²) < 4.78 is 1.11. The summed E-state index contributed by atoms with van der Waals surface area (Å²) in [6.07, 6.45) is 0.639. The monoisotopic (exact) mass is 292 g/mol. The summed E-state index contributed by atoms with van der Waals surface area (Å²) in [7, 11) is 0. The van der Waals surface area contributed by atoms with Gasteiger partial charge >= 0.3 is 5.97 Å². The lowest BCUT2D eigenvalue weighted by Crippen LogP contribution is -2.27. The van der Waals surface area contributed by atoms with Gasteiger partial charge in [-0.05, 0) is 24.0 Å². The molecule has 2 N–H and O–H groups in total. The molecule has 0 fully saturated rings. The molecule has 5 heteroatoms. The van der Waals surface area contributed by atoms with Gasteiger partial charge in [0.15, 0.2) is 5.13 Å². The summed E-state index contributed by atoms with van der Waals surface area (Å²) in [5.74, 6) is -1.16. The predicted octanol–water partition coefficient (Wildman–Crippen LogP) is 3.85. The molecule has 0 aliphatic rings. The van der Waals surface area contributed by atoms with Gasteiger partial charge in [-0.3, -0.25) is 4.79 Å². The molecule has 1 heterocycles. The summed E-state index contributed by atoms with van der Waals surface area (Å²) in [5.41, 5.74) is 0.945. The molecule has 108 valence electrons. The Hall–Kier alpha value is -1.62. The van der Waals surface area contributed by atoms with Crippen molar-refractivity contribution in [2.45, 2.75) is 27.2 Å². The highest BCUT2D eigenvalue weighted by atomic mass is 32.1. The number of nitrogens with zero attached hydrogens (tertiary/aromatic N) is 1. The fourth-order valence-corrected chi connectivity index (χ4v) is 3.02. The molecule has 1 aromatic heterocycles. The summed E-state index contributed by atoms with van der Waals surface area (Å²) in [6, 6.07) is 7.90. The van der Waals surface area contributed by atoms with Crippen molar-refractivity contribution in [3.8, 4) is 0 Å². The van der Waals surface area contributed by atoms with E-state index in [0.29, 0.717) is 13.0 Å². The lowest BCUT2D eigenvalue weighted by atomic mass is 9.84. The molecule has 4 nitrogen and oxygen atoms in total. The van der Waals surface area contributed by atoms with Gasteiger partial charge in [-0.2, -0.15) is 0 Å². The van der Waals surface area contributed by atoms with Crippen molar-refractivity contribution in [2.75, 3.05) is 11.9 Å². The van der Waals surface area contributed by atoms with E-state index in [4.69, 9.17) is 0 Å². The van der Waals surface area contributed by atoms with E-state index in [-0.39, 0.29) is 5.41 Å². The fourth-order valence-electron chi connectivity index (χ4n) is 2.14. The molecule has 0 radical (unpaired) electrons. The molecule has 1 unspecified atom stereocenters. The van der Waals surface area contributed by atoms with Crippen LogP contribution in [0, 0.1) is 11.3 Å². The average molecular weight is 292 g/mol. The molecule has 0 spiro atoms. The Morgan fingerprint density at radius 2 is 2.10 bits per heavy atom. The summed E-state index contributed by atoms with van der Waals surface area (Å²) in [5, 5.41) is 13.2. The zero-order valence-electron chi connectivity index (χ0n) is 12.0. The first kappa shape index (κ1) is 14.8. The second-order valence-electron chi connectivity index (χ2n) is 6.17. The number of hydrogen-bond acceptors (Lipinski definition) is 4. The molecule has 0 saturated carbocycles. The number of carbonyl (C=O) groups is 1. The van der Waals surface area contributed by atoms with Gasteiger partial charge in [-0.15, -0.1) is 0 Å². The standard InChI is InChI=1S/C15H20N2O2S/c1-15(2,3)8-10(13(18)19)9-16-14-17-11-6-4-5-7-12(11)20-14/h4-7,10H,8-9H2,1-3H3,(H,16,17)(H,18,19). The van der Waals surface area contributed by atoms with Gasteiger partial charge in [0.05, 0.1) is 16.1 Å². The SMILES string of the molecule is CC(C)(C)CC(CNc1nc2ccccc2s1)C(=O)O. The first-order valence-electron chi connectivity index (χ1n) is 6.67. The van der Waals surface area contributed by atoms with Crippen molar-refractivity contribution in [3.63, 3.8) is 0 Å². The minimum Gasteiger partial charge on any atom is -0.481 e. The first-order chi connectivity index (χ1) is 9.35. The molecule has 0 saturated heterocycles. The number of fused-ring (bicyclic) bond motifs is 1. The highest BCUT2D eigenvalue weighted by Gasteiger charge is 2.24. The maximum Gasteiger partial charge on any atom is 0.308 e. The van der Waals surface area contributed by atoms with E-state index in [1.165, 1.54) is 0 Å². The Labute approximate surface area is 122 Å². The molecule has 0 bridgehead atoms. The third-order valence-electron chi connectivity index (χ3n) is 3.00. The average Bonchev–Trinajstić information content (AvgIpc) is 2.75. The number of nitrogens with one attached hydrogen (secondary N) is 1. The van der Waals surface area contributed by atoms with Crippen LogP contribution < -0.4 is 5.32 Å². The number of carboxylic acid groups (broad SMARTS) is 1. The topological polar surface area (TPSA) is 62.2 Å². The highest BCUT2D eigenvalue weighted by Crippen LogP contribution is 2.28. The van der Waals surface area contributed by atoms with Crippen LogP contribution in [0.5, 0.6) is 0 Å². The molecular formula is C15H20N2O2S. The van der Waals surface area contributed by atoms with Crippen LogP contribution in [0.3, 0.4) is 0 Å². The predicted molar refractivity (Wildman–Crippen MR) is 83.3 cm³/mol. The summed E-state index contributed by atoms with van der Waals surface area (Å²) in [4.78, 5) is 15.8. The molecule has 20 heavy (non-hydrogen) atoms. The van der Waals surface area contributed by atoms with Crippen LogP contribution in [-0.2, 0) is 4.79 Å². The lowest BCUT2D eigenvalue weighted by molar-refractivity contribution is -0.142. The third-order valence-corrected chi connectivity index (χ3v) is 4.00. The van der Waals surface area contributed by atoms with Gasteiger partial charge in [0.1, 0.15) is 0 Å². The van der Waals surface area contributed by atoms with E-state index < -0.39 is 11.9 Å². The Morgan fingerprint density at radius 1 is 1.40 bits per heavy atom. The maximum atomic E-state index is 11.3. The molecule has 0 amide bonds. The molecular weight excluding hydrogens is 272 g/mol. The Kier molecular flexibility index (Phi) is 4.28. The van der Waals surface area contributed by atoms with Crippen LogP contribution in [-0.4, -0.2) is 22.6 Å². The quantitative estimate of drug-likeness (QED) is 0.878. The van der Waals surface area contributed by atoms with Crippen molar-refractivity contribution in [1.82, 2.24) is 4.98 Å². The number of thiazole rings is 1. The number of rotatable bonds is 5. The van der Waals surface area contributed by atoms with Crippen molar-refractivity contribution in [2.24, 2.45) is 11.3 Å². The van der Waals surface area contributed by atoms with Crippen LogP contribution in [0.2, 0.25) is 0 Å². The number of hydrogen-bond donors (Lipinski definition) is 2. The van der Waals surface area contributed by atoms with Crippen molar-refractivity contribution >= 4 is 32.7 Å². The Balaban J connectivity index is 2.03. The Morgan fingerprint density at radius 3 is 2.70 bits per heavy atom. The molecule has 1 atom stereocenters. The van der Waals surface area contributed by atoms with Gasteiger partial charge in [0.25, 0.3) is 0 Å². The van der Waals surface area contributed by atoms with Crippen LogP contribution in [0.4, 0.5) is 5.13 Å². The van der Waals surface area contributed by atoms with Gasteiger partial charge in [0.2, 0.25) is 0 Å². The molecule has 2 aromatic rings. The largest absolute Gasteiger partial charge is 0.481 e. The molecule has 2 rings (SSSR count). The minimum absolute atomic E-state index is 0.00166. The van der Waals surface area contributed by atoms with E-state index in [9.17, 15) is 9.90 Å². The van der Waals surface area contributed by atoms with E-state index in [1.807, 2.05) is 24.3 Å². The second kappa shape index (κ2) is 5.79. The fraction of sp³-hybridized carbons (Fsp3) is 0.467. The maximum absolute atomic E-state index is 11.3. The number of carboxylic acids is 1. The zero-order chi connectivity index (χ0) is 14.8. The normalized spacial score (nSPS) is 13.3. The highest BCUT2D eigenvalue weighted by molar-refractivity contribution is 7.22. The van der Waals surface area contributed by atoms with E-state index in [1.54, 1.807) is 11.3 Å². The van der Waals surface area contributed by atoms with Gasteiger partial charge in [-0.25, -0.2) is 4.98 Å². The van der Waals surface area contributed by atoms with Crippen LogP contribution >= 0.6 is 11.3 Å². The molecule has 0 aliphatic carbocycles.